The summed E-state index contributed by atoms with van der Waals surface area (Å²) < 4.78 is 6.59. The maximum Gasteiger partial charge on any atom is 0.345 e. The highest BCUT2D eigenvalue weighted by molar-refractivity contribution is 9.10. The van der Waals surface area contributed by atoms with Gasteiger partial charge >= 0.3 is 5.97 Å². The van der Waals surface area contributed by atoms with E-state index in [0.29, 0.717) is 12.2 Å². The molecular formula is C17H17BrO3. The molecule has 0 bridgehead atoms. The van der Waals surface area contributed by atoms with E-state index in [-0.39, 0.29) is 0 Å². The summed E-state index contributed by atoms with van der Waals surface area (Å²) in [5, 5.41) is 9.37. The molecule has 0 aliphatic heterocycles. The van der Waals surface area contributed by atoms with Gasteiger partial charge in [-0.2, -0.15) is 0 Å². The van der Waals surface area contributed by atoms with Crippen LogP contribution in [0.1, 0.15) is 16.7 Å². The number of rotatable bonds is 5. The van der Waals surface area contributed by atoms with Gasteiger partial charge in [-0.3, -0.25) is 0 Å². The lowest BCUT2D eigenvalue weighted by Gasteiger charge is -2.16. The minimum atomic E-state index is -0.964. The summed E-state index contributed by atoms with van der Waals surface area (Å²) in [5.41, 5.74) is 3.02. The molecule has 0 aromatic heterocycles. The fraction of sp³-hybridized carbons (Fsp3) is 0.235. The first-order valence-electron chi connectivity index (χ1n) is 6.66. The summed E-state index contributed by atoms with van der Waals surface area (Å²) in [4.78, 5) is 11.4. The lowest BCUT2D eigenvalue weighted by molar-refractivity contribution is -0.145. The van der Waals surface area contributed by atoms with Crippen LogP contribution in [0.15, 0.2) is 46.9 Å². The number of hydrogen-bond donors (Lipinski definition) is 1. The predicted molar refractivity (Wildman–Crippen MR) is 85.8 cm³/mol. The number of aliphatic carboxylic acids is 1. The first kappa shape index (κ1) is 15.6. The summed E-state index contributed by atoms with van der Waals surface area (Å²) in [6.45, 7) is 3.92. The first-order valence-corrected chi connectivity index (χ1v) is 7.45. The van der Waals surface area contributed by atoms with Gasteiger partial charge in [0.05, 0.1) is 0 Å². The number of hydrogen-bond acceptors (Lipinski definition) is 2. The molecule has 1 atom stereocenters. The molecule has 110 valence electrons. The van der Waals surface area contributed by atoms with Crippen LogP contribution in [0, 0.1) is 13.8 Å². The van der Waals surface area contributed by atoms with E-state index >= 15 is 0 Å². The highest BCUT2D eigenvalue weighted by atomic mass is 79.9. The van der Waals surface area contributed by atoms with Crippen molar-refractivity contribution >= 4 is 21.9 Å². The van der Waals surface area contributed by atoms with Crippen LogP contribution in [0.4, 0.5) is 0 Å². The Hall–Kier alpha value is -1.81. The predicted octanol–water partition coefficient (Wildman–Crippen LogP) is 4.14. The average molecular weight is 349 g/mol. The molecule has 0 radical (unpaired) electrons. The largest absolute Gasteiger partial charge is 0.478 e. The molecule has 2 aromatic carbocycles. The molecule has 0 aliphatic rings. The molecular weight excluding hydrogens is 332 g/mol. The fourth-order valence-electron chi connectivity index (χ4n) is 2.22. The number of halogens is 1. The van der Waals surface area contributed by atoms with Crippen LogP contribution in [0.5, 0.6) is 5.75 Å². The van der Waals surface area contributed by atoms with Gasteiger partial charge in [0.25, 0.3) is 0 Å². The zero-order chi connectivity index (χ0) is 15.4. The lowest BCUT2D eigenvalue weighted by atomic mass is 10.1. The van der Waals surface area contributed by atoms with E-state index < -0.39 is 12.1 Å². The van der Waals surface area contributed by atoms with Gasteiger partial charge in [-0.25, -0.2) is 4.79 Å². The molecule has 0 heterocycles. The second-order valence-corrected chi connectivity index (χ2v) is 6.02. The number of carboxylic acid groups (broad SMARTS) is 1. The molecule has 0 spiro atoms. The Labute approximate surface area is 132 Å². The van der Waals surface area contributed by atoms with Crippen molar-refractivity contribution in [2.24, 2.45) is 0 Å². The van der Waals surface area contributed by atoms with Gasteiger partial charge in [0.15, 0.2) is 6.10 Å². The molecule has 2 rings (SSSR count). The quantitative estimate of drug-likeness (QED) is 0.883. The molecule has 0 amide bonds. The number of aryl methyl sites for hydroxylation is 2. The van der Waals surface area contributed by atoms with E-state index in [0.717, 1.165) is 21.2 Å². The van der Waals surface area contributed by atoms with E-state index in [2.05, 4.69) is 15.9 Å². The smallest absolute Gasteiger partial charge is 0.345 e. The molecule has 2 aromatic rings. The topological polar surface area (TPSA) is 46.5 Å². The Morgan fingerprint density at radius 3 is 2.43 bits per heavy atom. The van der Waals surface area contributed by atoms with Gasteiger partial charge in [0.2, 0.25) is 0 Å². The van der Waals surface area contributed by atoms with Crippen molar-refractivity contribution in [1.29, 1.82) is 0 Å². The highest BCUT2D eigenvalue weighted by Gasteiger charge is 2.20. The molecule has 0 fully saturated rings. The van der Waals surface area contributed by atoms with E-state index in [1.807, 2.05) is 56.3 Å². The number of carbonyl (C=O) groups is 1. The maximum absolute atomic E-state index is 11.4. The Kier molecular flexibility index (Phi) is 5.02. The zero-order valence-corrected chi connectivity index (χ0v) is 13.6. The average Bonchev–Trinajstić information content (AvgIpc) is 2.36. The van der Waals surface area contributed by atoms with Crippen molar-refractivity contribution in [1.82, 2.24) is 0 Å². The van der Waals surface area contributed by atoms with E-state index in [4.69, 9.17) is 4.74 Å². The van der Waals surface area contributed by atoms with E-state index in [1.165, 1.54) is 0 Å². The van der Waals surface area contributed by atoms with Gasteiger partial charge in [-0.1, -0.05) is 34.1 Å². The summed E-state index contributed by atoms with van der Waals surface area (Å²) in [5.74, 6) is -0.371. The normalized spacial score (nSPS) is 12.0. The van der Waals surface area contributed by atoms with Crippen molar-refractivity contribution in [2.45, 2.75) is 26.4 Å². The minimum Gasteiger partial charge on any atom is -0.478 e. The third-order valence-corrected chi connectivity index (χ3v) is 3.55. The van der Waals surface area contributed by atoms with Crippen LogP contribution in [-0.2, 0) is 11.2 Å². The van der Waals surface area contributed by atoms with Crippen LogP contribution < -0.4 is 4.74 Å². The Morgan fingerprint density at radius 1 is 1.19 bits per heavy atom. The first-order chi connectivity index (χ1) is 9.94. The molecule has 0 saturated carbocycles. The van der Waals surface area contributed by atoms with Crippen molar-refractivity contribution < 1.29 is 14.6 Å². The van der Waals surface area contributed by atoms with Crippen molar-refractivity contribution in [3.8, 4) is 5.75 Å². The van der Waals surface area contributed by atoms with Crippen LogP contribution in [0.3, 0.4) is 0 Å². The van der Waals surface area contributed by atoms with Crippen molar-refractivity contribution in [2.75, 3.05) is 0 Å². The molecule has 3 nitrogen and oxygen atoms in total. The van der Waals surface area contributed by atoms with Gasteiger partial charge < -0.3 is 9.84 Å². The maximum atomic E-state index is 11.4. The monoisotopic (exact) mass is 348 g/mol. The van der Waals surface area contributed by atoms with Crippen molar-refractivity contribution in [3.63, 3.8) is 0 Å². The van der Waals surface area contributed by atoms with Crippen molar-refractivity contribution in [3.05, 3.63) is 63.6 Å². The molecule has 4 heteroatoms. The Bertz CT molecular complexity index is 632. The lowest BCUT2D eigenvalue weighted by Crippen LogP contribution is -2.29. The summed E-state index contributed by atoms with van der Waals surface area (Å²) in [7, 11) is 0. The third kappa shape index (κ3) is 4.60. The third-order valence-electron chi connectivity index (χ3n) is 3.06. The van der Waals surface area contributed by atoms with Gasteiger partial charge in [0.1, 0.15) is 5.75 Å². The number of benzene rings is 2. The summed E-state index contributed by atoms with van der Waals surface area (Å²) in [6, 6.07) is 13.3. The van der Waals surface area contributed by atoms with Gasteiger partial charge in [-0.15, -0.1) is 0 Å². The van der Waals surface area contributed by atoms with Crippen LogP contribution in [0.2, 0.25) is 0 Å². The second kappa shape index (κ2) is 6.76. The summed E-state index contributed by atoms with van der Waals surface area (Å²) in [6.07, 6.45) is -0.581. The van der Waals surface area contributed by atoms with Crippen LogP contribution in [-0.4, -0.2) is 17.2 Å². The van der Waals surface area contributed by atoms with Crippen LogP contribution in [0.25, 0.3) is 0 Å². The SMILES string of the molecule is Cc1cc(C)cc(O[C@@H](Cc2cccc(Br)c2)C(=O)O)c1. The Balaban J connectivity index is 2.17. The summed E-state index contributed by atoms with van der Waals surface area (Å²) >= 11 is 3.39. The Morgan fingerprint density at radius 2 is 1.86 bits per heavy atom. The number of carboxylic acids is 1. The van der Waals surface area contributed by atoms with Crippen LogP contribution >= 0.6 is 15.9 Å². The standard InChI is InChI=1S/C17H17BrO3/c1-11-6-12(2)8-15(7-11)21-16(17(19)20)10-13-4-3-5-14(18)9-13/h3-9,16H,10H2,1-2H3,(H,19,20)/t16-/m0/s1. The van der Waals surface area contributed by atoms with E-state index in [1.54, 1.807) is 0 Å². The number of ether oxygens (including phenoxy) is 1. The van der Waals surface area contributed by atoms with Gasteiger partial charge in [0, 0.05) is 10.9 Å². The zero-order valence-electron chi connectivity index (χ0n) is 12.0. The molecule has 0 saturated heterocycles. The second-order valence-electron chi connectivity index (χ2n) is 5.10. The minimum absolute atomic E-state index is 0.321. The fourth-order valence-corrected chi connectivity index (χ4v) is 2.67. The highest BCUT2D eigenvalue weighted by Crippen LogP contribution is 2.20. The molecule has 0 unspecified atom stereocenters. The van der Waals surface area contributed by atoms with E-state index in [9.17, 15) is 9.90 Å². The van der Waals surface area contributed by atoms with Gasteiger partial charge in [-0.05, 0) is 54.8 Å². The molecule has 21 heavy (non-hydrogen) atoms. The molecule has 0 aliphatic carbocycles. The molecule has 1 N–H and O–H groups in total.